The summed E-state index contributed by atoms with van der Waals surface area (Å²) in [5.74, 6) is 0. The van der Waals surface area contributed by atoms with Crippen molar-refractivity contribution in [1.82, 2.24) is 0 Å². The van der Waals surface area contributed by atoms with E-state index in [1.54, 1.807) is 0 Å². The van der Waals surface area contributed by atoms with Gasteiger partial charge in [-0.2, -0.15) is 0 Å². The van der Waals surface area contributed by atoms with Gasteiger partial charge in [0.25, 0.3) is 0 Å². The van der Waals surface area contributed by atoms with Gasteiger partial charge in [-0.1, -0.05) is 0 Å². The summed E-state index contributed by atoms with van der Waals surface area (Å²) in [6.07, 6.45) is 0. The van der Waals surface area contributed by atoms with E-state index >= 15 is 0 Å². The van der Waals surface area contributed by atoms with Gasteiger partial charge in [0.15, 0.2) is 0 Å². The molecule has 0 rings (SSSR count). The molecule has 3 nitrogen and oxygen atoms in total. The maximum atomic E-state index is 10.3. The van der Waals surface area contributed by atoms with Crippen LogP contribution in [0.4, 0.5) is 3.52 Å². The standard InChI is InChI=1S/Cr.FH.H2O.2O/h;1H;1H2;;/q+2;;;;/p-2. The van der Waals surface area contributed by atoms with Crippen LogP contribution < -0.4 is 0 Å². The van der Waals surface area contributed by atoms with Gasteiger partial charge in [0, 0.05) is 0 Å². The van der Waals surface area contributed by atoms with E-state index in [-0.39, 0.29) is 0 Å². The number of hydrogen-bond acceptors (Lipinski definition) is 2. The molecular weight excluding hydrogens is 119 g/mol. The molecular formula is HCrFO3. The quantitative estimate of drug-likeness (QED) is 0.474. The summed E-state index contributed by atoms with van der Waals surface area (Å²) < 4.78 is 34.4. The number of halogens is 1. The van der Waals surface area contributed by atoms with Gasteiger partial charge in [-0.25, -0.2) is 0 Å². The van der Waals surface area contributed by atoms with Crippen LogP contribution in [-0.4, -0.2) is 4.16 Å². The van der Waals surface area contributed by atoms with Gasteiger partial charge in [0.2, 0.25) is 0 Å². The summed E-state index contributed by atoms with van der Waals surface area (Å²) in [5, 5.41) is 0. The van der Waals surface area contributed by atoms with E-state index in [9.17, 15) is 3.52 Å². The van der Waals surface area contributed by atoms with Crippen molar-refractivity contribution in [2.24, 2.45) is 0 Å². The Balaban J connectivity index is 4.06. The minimum absolute atomic E-state index is 5.75. The molecule has 0 radical (unpaired) electrons. The zero-order valence-corrected chi connectivity index (χ0v) is 3.32. The monoisotopic (exact) mass is 120 g/mol. The molecule has 0 aliphatic heterocycles. The van der Waals surface area contributed by atoms with Gasteiger partial charge in [-0.15, -0.1) is 0 Å². The summed E-state index contributed by atoms with van der Waals surface area (Å²) in [7, 11) is 0. The van der Waals surface area contributed by atoms with Crippen LogP contribution in [0.1, 0.15) is 0 Å². The zero-order chi connectivity index (χ0) is 4.50. The van der Waals surface area contributed by atoms with Crippen molar-refractivity contribution < 1.29 is 29.0 Å². The van der Waals surface area contributed by atoms with Crippen molar-refractivity contribution in [3.8, 4) is 0 Å². The Bertz CT molecular complexity index is 90.1. The van der Waals surface area contributed by atoms with Crippen LogP contribution in [0.5, 0.6) is 0 Å². The molecule has 0 atom stereocenters. The Morgan fingerprint density at radius 3 is 1.60 bits per heavy atom. The van der Waals surface area contributed by atoms with Gasteiger partial charge in [-0.05, 0) is 0 Å². The first-order chi connectivity index (χ1) is 2.00. The average molecular weight is 120 g/mol. The fourth-order valence-corrected chi connectivity index (χ4v) is 0. The summed E-state index contributed by atoms with van der Waals surface area (Å²) in [4.78, 5) is 0. The van der Waals surface area contributed by atoms with Gasteiger partial charge in [0.1, 0.15) is 0 Å². The van der Waals surface area contributed by atoms with E-state index in [0.717, 1.165) is 0 Å². The number of rotatable bonds is 0. The molecule has 5 heavy (non-hydrogen) atoms. The van der Waals surface area contributed by atoms with E-state index < -0.39 is 13.7 Å². The second-order valence-electron chi connectivity index (χ2n) is 0.412. The summed E-state index contributed by atoms with van der Waals surface area (Å²) >= 11 is -5.75. The van der Waals surface area contributed by atoms with E-state index in [4.69, 9.17) is 11.8 Å². The first-order valence-corrected chi connectivity index (χ1v) is 2.76. The van der Waals surface area contributed by atoms with Crippen LogP contribution >= 0.6 is 0 Å². The van der Waals surface area contributed by atoms with Gasteiger partial charge in [-0.3, -0.25) is 0 Å². The van der Waals surface area contributed by atoms with Crippen molar-refractivity contribution in [2.75, 3.05) is 0 Å². The predicted octanol–water partition coefficient (Wildman–Crippen LogP) is -0.377. The van der Waals surface area contributed by atoms with E-state index in [1.165, 1.54) is 0 Å². The molecule has 0 unspecified atom stereocenters. The van der Waals surface area contributed by atoms with Crippen LogP contribution in [0.25, 0.3) is 0 Å². The predicted molar refractivity (Wildman–Crippen MR) is 4.70 cm³/mol. The van der Waals surface area contributed by atoms with E-state index in [0.29, 0.717) is 0 Å². The molecule has 0 bridgehead atoms. The van der Waals surface area contributed by atoms with E-state index in [2.05, 4.69) is 0 Å². The molecule has 32 valence electrons. The minimum atomic E-state index is -5.75. The molecule has 0 amide bonds. The van der Waals surface area contributed by atoms with Gasteiger partial charge < -0.3 is 0 Å². The van der Waals surface area contributed by atoms with Gasteiger partial charge >= 0.3 is 29.0 Å². The molecule has 0 fully saturated rings. The maximum absolute atomic E-state index is 10.3. The van der Waals surface area contributed by atoms with E-state index in [1.807, 2.05) is 0 Å². The van der Waals surface area contributed by atoms with Crippen LogP contribution in [0.2, 0.25) is 0 Å². The normalized spacial score (nSPS) is 11.6. The second-order valence-corrected chi connectivity index (χ2v) is 1.70. The summed E-state index contributed by atoms with van der Waals surface area (Å²) in [6.45, 7) is 0. The van der Waals surface area contributed by atoms with Crippen molar-refractivity contribution in [2.45, 2.75) is 0 Å². The first kappa shape index (κ1) is 5.02. The Hall–Kier alpha value is 0.0225. The molecule has 5 heteroatoms. The first-order valence-electron chi connectivity index (χ1n) is 0.670. The molecule has 0 saturated carbocycles. The van der Waals surface area contributed by atoms with Crippen molar-refractivity contribution in [3.63, 3.8) is 0 Å². The third kappa shape index (κ3) is 32600. The fraction of sp³-hybridized carbons (Fsp3) is 0. The third-order valence-electron chi connectivity index (χ3n) is 0. The van der Waals surface area contributed by atoms with Crippen molar-refractivity contribution in [1.29, 1.82) is 0 Å². The van der Waals surface area contributed by atoms with Gasteiger partial charge in [0.05, 0.1) is 0 Å². The fourth-order valence-electron chi connectivity index (χ4n) is 0. The topological polar surface area (TPSA) is 54.4 Å². The van der Waals surface area contributed by atoms with Crippen LogP contribution in [-0.2, 0) is 21.3 Å². The van der Waals surface area contributed by atoms with Crippen molar-refractivity contribution >= 4 is 0 Å². The third-order valence-corrected chi connectivity index (χ3v) is 0. The van der Waals surface area contributed by atoms with Crippen LogP contribution in [0.15, 0.2) is 0 Å². The molecule has 1 N–H and O–H groups in total. The number of hydrogen-bond donors (Lipinski definition) is 1. The second kappa shape index (κ2) is 1.01. The van der Waals surface area contributed by atoms with Crippen LogP contribution in [0, 0.1) is 0 Å². The Morgan fingerprint density at radius 2 is 1.60 bits per heavy atom. The molecule has 0 heterocycles. The Kier molecular flexibility index (Phi) is 1.02. The Morgan fingerprint density at radius 1 is 1.60 bits per heavy atom. The summed E-state index contributed by atoms with van der Waals surface area (Å²) in [5.41, 5.74) is 0. The molecule has 0 spiro atoms. The summed E-state index contributed by atoms with van der Waals surface area (Å²) in [6, 6.07) is 0. The van der Waals surface area contributed by atoms with Crippen LogP contribution in [0.3, 0.4) is 0 Å². The Labute approximate surface area is 29.9 Å². The zero-order valence-electron chi connectivity index (χ0n) is 2.05. The average Bonchev–Trinajstić information content (AvgIpc) is 0.722. The molecule has 0 aromatic rings. The molecule has 0 saturated heterocycles. The molecule has 0 aliphatic rings. The van der Waals surface area contributed by atoms with Crippen molar-refractivity contribution in [3.05, 3.63) is 0 Å². The molecule has 0 aromatic carbocycles. The SMILES string of the molecule is [O]=[Cr](=[O])([OH])[F]. The molecule has 0 aromatic heterocycles. The molecule has 0 aliphatic carbocycles.